The van der Waals surface area contributed by atoms with Crippen molar-refractivity contribution in [2.24, 2.45) is 10.9 Å². The van der Waals surface area contributed by atoms with Crippen LogP contribution >= 0.6 is 0 Å². The number of hydrogen-bond acceptors (Lipinski definition) is 3. The number of carbonyl (C=O) groups excluding carboxylic acids is 1. The van der Waals surface area contributed by atoms with E-state index in [4.69, 9.17) is 4.74 Å². The minimum atomic E-state index is 0.241. The lowest BCUT2D eigenvalue weighted by Crippen LogP contribution is -2.42. The van der Waals surface area contributed by atoms with Crippen molar-refractivity contribution in [1.82, 2.24) is 15.5 Å². The van der Waals surface area contributed by atoms with Gasteiger partial charge >= 0.3 is 0 Å². The first-order valence-electron chi connectivity index (χ1n) is 10.1. The highest BCUT2D eigenvalue weighted by atomic mass is 16.5. The van der Waals surface area contributed by atoms with Gasteiger partial charge in [-0.1, -0.05) is 19.1 Å². The van der Waals surface area contributed by atoms with E-state index < -0.39 is 0 Å². The van der Waals surface area contributed by atoms with E-state index in [-0.39, 0.29) is 5.91 Å². The first-order chi connectivity index (χ1) is 13.2. The summed E-state index contributed by atoms with van der Waals surface area (Å²) >= 11 is 0. The lowest BCUT2D eigenvalue weighted by molar-refractivity contribution is -0.132. The van der Waals surface area contributed by atoms with Crippen LogP contribution in [0.1, 0.15) is 37.3 Å². The van der Waals surface area contributed by atoms with E-state index in [1.54, 1.807) is 7.05 Å². The molecule has 2 N–H and O–H groups in total. The number of nitrogens with zero attached hydrogens (tertiary/aromatic N) is 2. The molecule has 0 bridgehead atoms. The number of hydrogen-bond donors (Lipinski definition) is 2. The Bertz CT molecular complexity index is 674. The Morgan fingerprint density at radius 1 is 1.33 bits per heavy atom. The van der Waals surface area contributed by atoms with Crippen LogP contribution in [0.25, 0.3) is 0 Å². The maximum atomic E-state index is 12.3. The van der Waals surface area contributed by atoms with Crippen molar-refractivity contribution < 1.29 is 9.53 Å². The van der Waals surface area contributed by atoms with E-state index >= 15 is 0 Å². The van der Waals surface area contributed by atoms with Gasteiger partial charge in [-0.3, -0.25) is 9.79 Å². The maximum absolute atomic E-state index is 12.3. The van der Waals surface area contributed by atoms with Crippen molar-refractivity contribution >= 4 is 11.9 Å². The molecule has 2 heterocycles. The third kappa shape index (κ3) is 5.62. The van der Waals surface area contributed by atoms with Crippen LogP contribution in [-0.4, -0.2) is 56.6 Å². The van der Waals surface area contributed by atoms with E-state index in [1.807, 2.05) is 4.90 Å². The van der Waals surface area contributed by atoms with E-state index in [9.17, 15) is 4.79 Å². The maximum Gasteiger partial charge on any atom is 0.224 e. The normalized spacial score (nSPS) is 19.4. The molecular weight excluding hydrogens is 340 g/mol. The predicted octanol–water partition coefficient (Wildman–Crippen LogP) is 1.98. The summed E-state index contributed by atoms with van der Waals surface area (Å²) in [7, 11) is 1.76. The van der Waals surface area contributed by atoms with Gasteiger partial charge in [-0.15, -0.1) is 0 Å². The third-order valence-electron chi connectivity index (χ3n) is 5.32. The van der Waals surface area contributed by atoms with Gasteiger partial charge in [0.15, 0.2) is 5.96 Å². The number of rotatable bonds is 6. The number of nitrogens with one attached hydrogen (secondary N) is 2. The van der Waals surface area contributed by atoms with Crippen LogP contribution in [0.15, 0.2) is 23.2 Å². The molecule has 1 unspecified atom stereocenters. The molecule has 0 spiro atoms. The van der Waals surface area contributed by atoms with Gasteiger partial charge in [-0.25, -0.2) is 0 Å². The molecule has 148 valence electrons. The van der Waals surface area contributed by atoms with E-state index in [0.717, 1.165) is 57.2 Å². The molecule has 6 heteroatoms. The second-order valence-corrected chi connectivity index (χ2v) is 7.55. The van der Waals surface area contributed by atoms with Crippen molar-refractivity contribution in [3.05, 3.63) is 29.3 Å². The smallest absolute Gasteiger partial charge is 0.224 e. The molecule has 0 radical (unpaired) electrons. The van der Waals surface area contributed by atoms with Gasteiger partial charge in [0.25, 0.3) is 0 Å². The van der Waals surface area contributed by atoms with Gasteiger partial charge in [0.2, 0.25) is 5.91 Å². The summed E-state index contributed by atoms with van der Waals surface area (Å²) < 4.78 is 5.55. The summed E-state index contributed by atoms with van der Waals surface area (Å²) in [6.07, 6.45) is 4.80. The summed E-state index contributed by atoms with van der Waals surface area (Å²) in [4.78, 5) is 18.6. The summed E-state index contributed by atoms with van der Waals surface area (Å²) in [6, 6.07) is 6.43. The molecule has 1 fully saturated rings. The molecule has 1 saturated heterocycles. The highest BCUT2D eigenvalue weighted by Gasteiger charge is 2.20. The minimum Gasteiger partial charge on any atom is -0.493 e. The Kier molecular flexibility index (Phi) is 6.96. The Morgan fingerprint density at radius 2 is 2.19 bits per heavy atom. The Hall–Kier alpha value is -2.24. The number of benzene rings is 1. The van der Waals surface area contributed by atoms with Crippen molar-refractivity contribution in [1.29, 1.82) is 0 Å². The van der Waals surface area contributed by atoms with Crippen molar-refractivity contribution in [3.63, 3.8) is 0 Å². The molecule has 2 aliphatic rings. The van der Waals surface area contributed by atoms with Crippen LogP contribution in [0.2, 0.25) is 0 Å². The molecule has 0 aliphatic carbocycles. The average molecular weight is 373 g/mol. The lowest BCUT2D eigenvalue weighted by atomic mass is 10.00. The van der Waals surface area contributed by atoms with Crippen LogP contribution < -0.4 is 15.4 Å². The first-order valence-corrected chi connectivity index (χ1v) is 10.1. The van der Waals surface area contributed by atoms with Gasteiger partial charge in [0, 0.05) is 46.1 Å². The fourth-order valence-corrected chi connectivity index (χ4v) is 3.80. The van der Waals surface area contributed by atoms with Crippen LogP contribution in [0, 0.1) is 5.92 Å². The number of piperidine rings is 1. The summed E-state index contributed by atoms with van der Waals surface area (Å²) in [6.45, 7) is 6.23. The fourth-order valence-electron chi connectivity index (χ4n) is 3.80. The molecular formula is C21H32N4O2. The second-order valence-electron chi connectivity index (χ2n) is 7.55. The molecule has 0 aromatic heterocycles. The van der Waals surface area contributed by atoms with Crippen molar-refractivity contribution in [2.45, 2.75) is 39.0 Å². The zero-order valence-corrected chi connectivity index (χ0v) is 16.6. The number of guanidine groups is 1. The van der Waals surface area contributed by atoms with Gasteiger partial charge in [0.05, 0.1) is 6.61 Å². The van der Waals surface area contributed by atoms with Crippen molar-refractivity contribution in [2.75, 3.05) is 39.8 Å². The highest BCUT2D eigenvalue weighted by molar-refractivity contribution is 5.81. The molecule has 1 amide bonds. The number of amides is 1. The standard InChI is InChI=1S/C21H32N4O2/c1-16-4-3-12-25(15-16)20(26)8-11-24-21(22-2)23-10-7-17-5-6-19-18(14-17)9-13-27-19/h5-6,14,16H,3-4,7-13,15H2,1-2H3,(H2,22,23,24). The summed E-state index contributed by atoms with van der Waals surface area (Å²) in [5, 5.41) is 6.58. The zero-order valence-electron chi connectivity index (χ0n) is 16.6. The monoisotopic (exact) mass is 372 g/mol. The molecule has 3 rings (SSSR count). The first kappa shape index (κ1) is 19.5. The third-order valence-corrected chi connectivity index (χ3v) is 5.32. The van der Waals surface area contributed by atoms with Gasteiger partial charge < -0.3 is 20.3 Å². The molecule has 1 atom stereocenters. The second kappa shape index (κ2) is 9.62. The molecule has 1 aromatic rings. The van der Waals surface area contributed by atoms with Crippen LogP contribution in [0.5, 0.6) is 5.75 Å². The average Bonchev–Trinajstić information content (AvgIpc) is 3.14. The number of fused-ring (bicyclic) bond motifs is 1. The SMILES string of the molecule is CN=C(NCCC(=O)N1CCCC(C)C1)NCCc1ccc2c(c1)CCO2. The summed E-state index contributed by atoms with van der Waals surface area (Å²) in [5.74, 6) is 2.64. The number of ether oxygens (including phenoxy) is 1. The van der Waals surface area contributed by atoms with Crippen LogP contribution in [0.4, 0.5) is 0 Å². The van der Waals surface area contributed by atoms with E-state index in [0.29, 0.717) is 18.9 Å². The zero-order chi connectivity index (χ0) is 19.1. The van der Waals surface area contributed by atoms with Crippen LogP contribution in [0.3, 0.4) is 0 Å². The molecule has 1 aromatic carbocycles. The van der Waals surface area contributed by atoms with Crippen LogP contribution in [-0.2, 0) is 17.6 Å². The number of likely N-dealkylation sites (tertiary alicyclic amines) is 1. The highest BCUT2D eigenvalue weighted by Crippen LogP contribution is 2.25. The quantitative estimate of drug-likeness (QED) is 0.592. The van der Waals surface area contributed by atoms with Gasteiger partial charge in [-0.2, -0.15) is 0 Å². The van der Waals surface area contributed by atoms with Crippen molar-refractivity contribution in [3.8, 4) is 5.75 Å². The molecule has 27 heavy (non-hydrogen) atoms. The Morgan fingerprint density at radius 3 is 3.00 bits per heavy atom. The van der Waals surface area contributed by atoms with E-state index in [1.165, 1.54) is 17.5 Å². The minimum absolute atomic E-state index is 0.241. The molecule has 2 aliphatic heterocycles. The Labute approximate surface area is 162 Å². The predicted molar refractivity (Wildman–Crippen MR) is 108 cm³/mol. The number of aliphatic imine (C=N–C) groups is 1. The topological polar surface area (TPSA) is 66.0 Å². The van der Waals surface area contributed by atoms with Gasteiger partial charge in [0.1, 0.15) is 5.75 Å². The van der Waals surface area contributed by atoms with E-state index in [2.05, 4.69) is 40.7 Å². The molecule has 0 saturated carbocycles. The Balaban J connectivity index is 1.35. The summed E-state index contributed by atoms with van der Waals surface area (Å²) in [5.41, 5.74) is 2.61. The van der Waals surface area contributed by atoms with Gasteiger partial charge in [-0.05, 0) is 42.4 Å². The lowest BCUT2D eigenvalue weighted by Gasteiger charge is -2.31. The molecule has 6 nitrogen and oxygen atoms in total. The fraction of sp³-hybridized carbons (Fsp3) is 0.619. The largest absolute Gasteiger partial charge is 0.493 e. The number of carbonyl (C=O) groups is 1.